The molecular weight excluding hydrogens is 431 g/mol. The van der Waals surface area contributed by atoms with Gasteiger partial charge in [-0.1, -0.05) is 17.7 Å². The van der Waals surface area contributed by atoms with Crippen molar-refractivity contribution in [3.63, 3.8) is 0 Å². The molecule has 0 unspecified atom stereocenters. The third-order valence-electron chi connectivity index (χ3n) is 4.36. The number of nitrogens with one attached hydrogen (secondary N) is 1. The maximum Gasteiger partial charge on any atom is 0.264 e. The van der Waals surface area contributed by atoms with Crippen LogP contribution in [0.15, 0.2) is 71.6 Å². The number of anilines is 2. The molecule has 6 nitrogen and oxygen atoms in total. The van der Waals surface area contributed by atoms with Gasteiger partial charge in [-0.15, -0.1) is 0 Å². The largest absolute Gasteiger partial charge is 0.497 e. The van der Waals surface area contributed by atoms with Crippen LogP contribution in [0.3, 0.4) is 0 Å². The Hall–Kier alpha value is -3.10. The lowest BCUT2D eigenvalue weighted by Crippen LogP contribution is -2.27. The SMILES string of the molecule is COc1ccc(S(=O)(=O)N(C)c2ccc(Cl)c(C(=O)Nc3cccc(F)c3)c2)cc1. The van der Waals surface area contributed by atoms with Crippen molar-refractivity contribution in [1.29, 1.82) is 0 Å². The van der Waals surface area contributed by atoms with Gasteiger partial charge in [0, 0.05) is 12.7 Å². The van der Waals surface area contributed by atoms with Crippen molar-refractivity contribution in [2.75, 3.05) is 23.8 Å². The van der Waals surface area contributed by atoms with Crippen molar-refractivity contribution >= 4 is 38.9 Å². The molecule has 0 bridgehead atoms. The van der Waals surface area contributed by atoms with Crippen LogP contribution in [0.5, 0.6) is 5.75 Å². The van der Waals surface area contributed by atoms with Crippen molar-refractivity contribution < 1.29 is 22.3 Å². The monoisotopic (exact) mass is 448 g/mol. The molecule has 0 aliphatic heterocycles. The van der Waals surface area contributed by atoms with E-state index in [4.69, 9.17) is 16.3 Å². The number of carbonyl (C=O) groups is 1. The maximum absolute atomic E-state index is 13.4. The van der Waals surface area contributed by atoms with Gasteiger partial charge >= 0.3 is 0 Å². The van der Waals surface area contributed by atoms with Gasteiger partial charge in [-0.3, -0.25) is 9.10 Å². The van der Waals surface area contributed by atoms with Crippen LogP contribution in [0, 0.1) is 5.82 Å². The highest BCUT2D eigenvalue weighted by molar-refractivity contribution is 7.92. The third kappa shape index (κ3) is 4.55. The quantitative estimate of drug-likeness (QED) is 0.599. The number of amides is 1. The molecule has 1 N–H and O–H groups in total. The van der Waals surface area contributed by atoms with Gasteiger partial charge in [0.2, 0.25) is 0 Å². The molecule has 9 heteroatoms. The summed E-state index contributed by atoms with van der Waals surface area (Å²) in [7, 11) is -1.03. The molecule has 30 heavy (non-hydrogen) atoms. The van der Waals surface area contributed by atoms with Crippen LogP contribution in [0.2, 0.25) is 5.02 Å². The molecule has 1 amide bonds. The number of carbonyl (C=O) groups excluding carboxylic acids is 1. The van der Waals surface area contributed by atoms with E-state index in [0.717, 1.165) is 10.4 Å². The molecule has 0 radical (unpaired) electrons. The molecule has 156 valence electrons. The van der Waals surface area contributed by atoms with E-state index in [-0.39, 0.29) is 26.9 Å². The van der Waals surface area contributed by atoms with Crippen molar-refractivity contribution in [1.82, 2.24) is 0 Å². The Morgan fingerprint density at radius 2 is 1.77 bits per heavy atom. The molecule has 3 aromatic carbocycles. The van der Waals surface area contributed by atoms with E-state index in [1.165, 1.54) is 62.7 Å². The zero-order valence-electron chi connectivity index (χ0n) is 16.1. The number of hydrogen-bond donors (Lipinski definition) is 1. The first-order chi connectivity index (χ1) is 14.2. The molecule has 3 aromatic rings. The fourth-order valence-electron chi connectivity index (χ4n) is 2.69. The average molecular weight is 449 g/mol. The normalized spacial score (nSPS) is 11.1. The molecule has 0 atom stereocenters. The Morgan fingerprint density at radius 1 is 1.07 bits per heavy atom. The average Bonchev–Trinajstić information content (AvgIpc) is 2.73. The number of rotatable bonds is 6. The van der Waals surface area contributed by atoms with E-state index < -0.39 is 21.7 Å². The van der Waals surface area contributed by atoms with Crippen LogP contribution in [0.1, 0.15) is 10.4 Å². The summed E-state index contributed by atoms with van der Waals surface area (Å²) >= 11 is 6.14. The first-order valence-corrected chi connectivity index (χ1v) is 10.5. The first kappa shape index (κ1) is 21.6. The molecule has 0 aliphatic rings. The zero-order chi connectivity index (χ0) is 21.9. The minimum absolute atomic E-state index is 0.0511. The smallest absolute Gasteiger partial charge is 0.264 e. The molecule has 0 spiro atoms. The molecule has 3 rings (SSSR count). The fraction of sp³-hybridized carbons (Fsp3) is 0.0952. The van der Waals surface area contributed by atoms with Crippen molar-refractivity contribution in [3.05, 3.63) is 83.1 Å². The van der Waals surface area contributed by atoms with E-state index in [2.05, 4.69) is 5.32 Å². The standard InChI is InChI=1S/C21H18ClFN2O4S/c1-25(30(27,28)18-9-7-17(29-2)8-10-18)16-6-11-20(22)19(13-16)21(26)24-15-5-3-4-14(23)12-15/h3-13H,1-2H3,(H,24,26). The van der Waals surface area contributed by atoms with Crippen LogP contribution >= 0.6 is 11.6 Å². The highest BCUT2D eigenvalue weighted by Gasteiger charge is 2.23. The van der Waals surface area contributed by atoms with E-state index in [1.54, 1.807) is 12.1 Å². The van der Waals surface area contributed by atoms with Crippen LogP contribution in [-0.4, -0.2) is 28.5 Å². The predicted molar refractivity (Wildman–Crippen MR) is 114 cm³/mol. The summed E-state index contributed by atoms with van der Waals surface area (Å²) in [5.41, 5.74) is 0.537. The van der Waals surface area contributed by atoms with Crippen LogP contribution in [0.4, 0.5) is 15.8 Å². The van der Waals surface area contributed by atoms with Crippen molar-refractivity contribution in [2.24, 2.45) is 0 Å². The summed E-state index contributed by atoms with van der Waals surface area (Å²) in [5.74, 6) is -0.569. The predicted octanol–water partition coefficient (Wildman–Crippen LogP) is 4.57. The lowest BCUT2D eigenvalue weighted by Gasteiger charge is -2.20. The van der Waals surface area contributed by atoms with Gasteiger partial charge in [0.1, 0.15) is 11.6 Å². The zero-order valence-corrected chi connectivity index (χ0v) is 17.7. The summed E-state index contributed by atoms with van der Waals surface area (Å²) in [6, 6.07) is 15.6. The topological polar surface area (TPSA) is 75.7 Å². The lowest BCUT2D eigenvalue weighted by molar-refractivity contribution is 0.102. The highest BCUT2D eigenvalue weighted by Crippen LogP contribution is 2.28. The molecule has 0 saturated carbocycles. The number of nitrogens with zero attached hydrogens (tertiary/aromatic N) is 1. The Kier molecular flexibility index (Phi) is 6.28. The second-order valence-electron chi connectivity index (χ2n) is 6.28. The Labute approximate surface area is 178 Å². The molecule has 0 fully saturated rings. The molecule has 0 aromatic heterocycles. The minimum Gasteiger partial charge on any atom is -0.497 e. The van der Waals surface area contributed by atoms with Crippen LogP contribution in [0.25, 0.3) is 0 Å². The Bertz CT molecular complexity index is 1180. The summed E-state index contributed by atoms with van der Waals surface area (Å²) in [4.78, 5) is 12.7. The number of hydrogen-bond acceptors (Lipinski definition) is 4. The molecular formula is C21H18ClFN2O4S. The van der Waals surface area contributed by atoms with E-state index in [0.29, 0.717) is 5.75 Å². The first-order valence-electron chi connectivity index (χ1n) is 8.72. The summed E-state index contributed by atoms with van der Waals surface area (Å²) in [5, 5.41) is 2.67. The number of halogens is 2. The van der Waals surface area contributed by atoms with E-state index in [1.807, 2.05) is 0 Å². The summed E-state index contributed by atoms with van der Waals surface area (Å²) in [6.45, 7) is 0. The molecule has 0 saturated heterocycles. The summed E-state index contributed by atoms with van der Waals surface area (Å²) in [6.07, 6.45) is 0. The van der Waals surface area contributed by atoms with Gasteiger partial charge < -0.3 is 10.1 Å². The Morgan fingerprint density at radius 3 is 2.40 bits per heavy atom. The number of sulfonamides is 1. The highest BCUT2D eigenvalue weighted by atomic mass is 35.5. The van der Waals surface area contributed by atoms with Gasteiger partial charge in [0.05, 0.1) is 28.3 Å². The summed E-state index contributed by atoms with van der Waals surface area (Å²) < 4.78 is 45.3. The van der Waals surface area contributed by atoms with Crippen LogP contribution in [-0.2, 0) is 10.0 Å². The van der Waals surface area contributed by atoms with Gasteiger partial charge in [0.25, 0.3) is 15.9 Å². The third-order valence-corrected chi connectivity index (χ3v) is 6.49. The van der Waals surface area contributed by atoms with Gasteiger partial charge in [-0.2, -0.15) is 0 Å². The number of benzene rings is 3. The van der Waals surface area contributed by atoms with Gasteiger partial charge in [-0.25, -0.2) is 12.8 Å². The maximum atomic E-state index is 13.4. The minimum atomic E-state index is -3.88. The molecule has 0 heterocycles. The Balaban J connectivity index is 1.90. The second kappa shape index (κ2) is 8.73. The van der Waals surface area contributed by atoms with Crippen molar-refractivity contribution in [2.45, 2.75) is 4.90 Å². The van der Waals surface area contributed by atoms with Gasteiger partial charge in [0.15, 0.2) is 0 Å². The van der Waals surface area contributed by atoms with Crippen LogP contribution < -0.4 is 14.4 Å². The lowest BCUT2D eigenvalue weighted by atomic mass is 10.1. The van der Waals surface area contributed by atoms with Gasteiger partial charge in [-0.05, 0) is 60.7 Å². The number of methoxy groups -OCH3 is 1. The van der Waals surface area contributed by atoms with E-state index >= 15 is 0 Å². The second-order valence-corrected chi connectivity index (χ2v) is 8.65. The fourth-order valence-corrected chi connectivity index (χ4v) is 4.08. The number of ether oxygens (including phenoxy) is 1. The van der Waals surface area contributed by atoms with E-state index in [9.17, 15) is 17.6 Å². The van der Waals surface area contributed by atoms with Crippen molar-refractivity contribution in [3.8, 4) is 5.75 Å². The molecule has 0 aliphatic carbocycles.